The number of hydrogen-bond donors (Lipinski definition) is 0. The van der Waals surface area contributed by atoms with Gasteiger partial charge in [0.1, 0.15) is 5.75 Å². The van der Waals surface area contributed by atoms with E-state index in [0.29, 0.717) is 6.42 Å². The minimum Gasteiger partial charge on any atom is -0.497 e. The van der Waals surface area contributed by atoms with Gasteiger partial charge in [-0.15, -0.1) is 0 Å². The van der Waals surface area contributed by atoms with Gasteiger partial charge < -0.3 is 4.74 Å². The van der Waals surface area contributed by atoms with Gasteiger partial charge in [0, 0.05) is 19.2 Å². The van der Waals surface area contributed by atoms with Crippen LogP contribution in [0, 0.1) is 21.4 Å². The van der Waals surface area contributed by atoms with Crippen molar-refractivity contribution in [3.8, 4) is 11.8 Å². The number of unbranched alkanes of at least 4 members (excludes halogenated alkanes) is 9. The van der Waals surface area contributed by atoms with Crippen molar-refractivity contribution in [1.82, 2.24) is 0 Å². The molecule has 7 heteroatoms. The van der Waals surface area contributed by atoms with Crippen molar-refractivity contribution in [1.29, 1.82) is 5.26 Å². The second kappa shape index (κ2) is 19.7. The molecule has 2 rings (SSSR count). The SMILES string of the molecule is CCCCCCCCCCCCC(C#N)(CCCC(CCc1cccc([N+](=O)[O-])c1)/N=N/C)c1cccc(OC)c1. The van der Waals surface area contributed by atoms with E-state index in [9.17, 15) is 15.4 Å². The Balaban J connectivity index is 1.97. The van der Waals surface area contributed by atoms with Crippen molar-refractivity contribution in [2.24, 2.45) is 10.2 Å². The van der Waals surface area contributed by atoms with E-state index in [0.717, 1.165) is 61.8 Å². The Morgan fingerprint density at radius 3 is 2.22 bits per heavy atom. The maximum Gasteiger partial charge on any atom is 0.269 e. The molecule has 0 amide bonds. The minimum atomic E-state index is -0.567. The van der Waals surface area contributed by atoms with Gasteiger partial charge in [0.25, 0.3) is 5.69 Å². The quantitative estimate of drug-likeness (QED) is 0.0616. The van der Waals surface area contributed by atoms with Crippen LogP contribution in [0.4, 0.5) is 5.69 Å². The van der Waals surface area contributed by atoms with E-state index in [-0.39, 0.29) is 16.7 Å². The molecule has 2 aromatic rings. The van der Waals surface area contributed by atoms with Crippen LogP contribution in [0.1, 0.15) is 114 Å². The summed E-state index contributed by atoms with van der Waals surface area (Å²) in [5, 5.41) is 30.2. The lowest BCUT2D eigenvalue weighted by Gasteiger charge is -2.28. The number of methoxy groups -OCH3 is 1. The number of nitro benzene ring substituents is 1. The van der Waals surface area contributed by atoms with Gasteiger partial charge in [-0.3, -0.25) is 10.1 Å². The molecule has 7 nitrogen and oxygen atoms in total. The minimum absolute atomic E-state index is 0.0123. The summed E-state index contributed by atoms with van der Waals surface area (Å²) in [5.74, 6) is 0.778. The highest BCUT2D eigenvalue weighted by molar-refractivity contribution is 5.38. The van der Waals surface area contributed by atoms with E-state index in [1.165, 1.54) is 57.4 Å². The maximum atomic E-state index is 11.1. The van der Waals surface area contributed by atoms with Crippen LogP contribution in [0.25, 0.3) is 0 Å². The van der Waals surface area contributed by atoms with Crippen LogP contribution in [0.2, 0.25) is 0 Å². The zero-order chi connectivity index (χ0) is 29.8. The van der Waals surface area contributed by atoms with E-state index in [4.69, 9.17) is 4.74 Å². The molecule has 2 atom stereocenters. The molecule has 41 heavy (non-hydrogen) atoms. The molecule has 0 aliphatic carbocycles. The number of nitrogens with zero attached hydrogens (tertiary/aromatic N) is 4. The predicted molar refractivity (Wildman–Crippen MR) is 167 cm³/mol. The number of non-ortho nitro benzene ring substituents is 1. The molecular weight excluding hydrogens is 512 g/mol. The van der Waals surface area contributed by atoms with Crippen LogP contribution in [0.15, 0.2) is 58.8 Å². The Morgan fingerprint density at radius 1 is 0.927 bits per heavy atom. The van der Waals surface area contributed by atoms with Crippen molar-refractivity contribution in [2.75, 3.05) is 14.2 Å². The number of hydrogen-bond acceptors (Lipinski definition) is 6. The number of benzene rings is 2. The van der Waals surface area contributed by atoms with Gasteiger partial charge in [0.15, 0.2) is 0 Å². The standard InChI is InChI=1S/C34H50N4O3/c1-4-5-6-7-8-9-10-11-12-13-24-34(28-35,30-18-15-21-33(27-30)41-3)25-16-19-31(37-36-2)23-22-29-17-14-20-32(26-29)38(39)40/h14-15,17-18,20-21,26-27,31H,4-13,16,19,22-25H2,1-3H3/b37-36+. The number of rotatable bonds is 22. The molecule has 0 heterocycles. The van der Waals surface area contributed by atoms with Gasteiger partial charge in [-0.2, -0.15) is 15.5 Å². The first kappa shape index (κ1) is 33.9. The molecule has 2 aromatic carbocycles. The molecule has 0 radical (unpaired) electrons. The molecular formula is C34H50N4O3. The number of nitriles is 1. The third kappa shape index (κ3) is 12.4. The Hall–Kier alpha value is -3.27. The molecule has 0 aromatic heterocycles. The number of ether oxygens (including phenoxy) is 1. The summed E-state index contributed by atoms with van der Waals surface area (Å²) < 4.78 is 5.49. The molecule has 0 N–H and O–H groups in total. The molecule has 0 bridgehead atoms. The molecule has 0 saturated carbocycles. The lowest BCUT2D eigenvalue weighted by molar-refractivity contribution is -0.384. The summed E-state index contributed by atoms with van der Waals surface area (Å²) in [6.07, 6.45) is 17.4. The van der Waals surface area contributed by atoms with E-state index in [1.54, 1.807) is 26.3 Å². The zero-order valence-electron chi connectivity index (χ0n) is 25.5. The second-order valence-electron chi connectivity index (χ2n) is 11.2. The Labute approximate surface area is 247 Å². The van der Waals surface area contributed by atoms with Gasteiger partial charge in [0.2, 0.25) is 0 Å². The van der Waals surface area contributed by atoms with Crippen molar-refractivity contribution in [3.05, 3.63) is 69.8 Å². The highest BCUT2D eigenvalue weighted by Crippen LogP contribution is 2.37. The average molecular weight is 563 g/mol. The van der Waals surface area contributed by atoms with Crippen LogP contribution in [-0.2, 0) is 11.8 Å². The Morgan fingerprint density at radius 2 is 1.59 bits per heavy atom. The van der Waals surface area contributed by atoms with Gasteiger partial charge in [-0.1, -0.05) is 95.4 Å². The Bertz CT molecular complexity index is 1100. The van der Waals surface area contributed by atoms with Crippen LogP contribution in [0.5, 0.6) is 5.75 Å². The van der Waals surface area contributed by atoms with Crippen molar-refractivity contribution in [3.63, 3.8) is 0 Å². The molecule has 0 fully saturated rings. The van der Waals surface area contributed by atoms with Gasteiger partial charge in [-0.25, -0.2) is 0 Å². The zero-order valence-corrected chi connectivity index (χ0v) is 25.5. The first-order chi connectivity index (χ1) is 20.0. The third-order valence-corrected chi connectivity index (χ3v) is 8.10. The number of aryl methyl sites for hydroxylation is 1. The molecule has 0 spiro atoms. The largest absolute Gasteiger partial charge is 0.497 e. The molecule has 0 aliphatic rings. The van der Waals surface area contributed by atoms with Gasteiger partial charge in [-0.05, 0) is 61.8 Å². The van der Waals surface area contributed by atoms with Crippen LogP contribution >= 0.6 is 0 Å². The first-order valence-electron chi connectivity index (χ1n) is 15.6. The van der Waals surface area contributed by atoms with E-state index >= 15 is 0 Å². The third-order valence-electron chi connectivity index (χ3n) is 8.10. The van der Waals surface area contributed by atoms with Gasteiger partial charge >= 0.3 is 0 Å². The van der Waals surface area contributed by atoms with Crippen LogP contribution < -0.4 is 4.74 Å². The van der Waals surface area contributed by atoms with E-state index in [1.807, 2.05) is 24.3 Å². The summed E-state index contributed by atoms with van der Waals surface area (Å²) in [4.78, 5) is 10.8. The summed E-state index contributed by atoms with van der Waals surface area (Å²) >= 11 is 0. The molecule has 0 saturated heterocycles. The highest BCUT2D eigenvalue weighted by Gasteiger charge is 2.32. The van der Waals surface area contributed by atoms with Crippen molar-refractivity contribution < 1.29 is 9.66 Å². The predicted octanol–water partition coefficient (Wildman–Crippen LogP) is 9.93. The number of azo groups is 1. The summed E-state index contributed by atoms with van der Waals surface area (Å²) in [5.41, 5.74) is 1.50. The van der Waals surface area contributed by atoms with Crippen molar-refractivity contribution in [2.45, 2.75) is 121 Å². The fraction of sp³-hybridized carbons (Fsp3) is 0.618. The average Bonchev–Trinajstić information content (AvgIpc) is 3.00. The Kier molecular flexibility index (Phi) is 16.3. The van der Waals surface area contributed by atoms with E-state index in [2.05, 4.69) is 29.3 Å². The molecule has 0 aliphatic heterocycles. The maximum absolute atomic E-state index is 11.1. The monoisotopic (exact) mass is 562 g/mol. The molecule has 2 unspecified atom stereocenters. The second-order valence-corrected chi connectivity index (χ2v) is 11.2. The summed E-state index contributed by atoms with van der Waals surface area (Å²) in [6, 6.07) is 17.5. The summed E-state index contributed by atoms with van der Waals surface area (Å²) in [7, 11) is 3.35. The first-order valence-corrected chi connectivity index (χ1v) is 15.6. The van der Waals surface area contributed by atoms with Crippen LogP contribution in [-0.4, -0.2) is 25.1 Å². The normalized spacial score (nSPS) is 13.5. The lowest BCUT2D eigenvalue weighted by atomic mass is 9.73. The van der Waals surface area contributed by atoms with Gasteiger partial charge in [0.05, 0.1) is 29.6 Å². The smallest absolute Gasteiger partial charge is 0.269 e. The fourth-order valence-electron chi connectivity index (χ4n) is 5.65. The fourth-order valence-corrected chi connectivity index (χ4v) is 5.65. The van der Waals surface area contributed by atoms with E-state index < -0.39 is 5.41 Å². The molecule has 224 valence electrons. The number of nitro groups is 1. The summed E-state index contributed by atoms with van der Waals surface area (Å²) in [6.45, 7) is 2.25. The lowest BCUT2D eigenvalue weighted by Crippen LogP contribution is -2.25. The topological polar surface area (TPSA) is 101 Å². The van der Waals surface area contributed by atoms with Crippen LogP contribution in [0.3, 0.4) is 0 Å². The highest BCUT2D eigenvalue weighted by atomic mass is 16.6. The van der Waals surface area contributed by atoms with Crippen molar-refractivity contribution >= 4 is 5.69 Å².